The van der Waals surface area contributed by atoms with Gasteiger partial charge in [0.1, 0.15) is 11.6 Å². The summed E-state index contributed by atoms with van der Waals surface area (Å²) in [5.74, 6) is -0.167. The van der Waals surface area contributed by atoms with Gasteiger partial charge in [0, 0.05) is 13.1 Å². The van der Waals surface area contributed by atoms with Crippen molar-refractivity contribution in [2.45, 2.75) is 64.2 Å². The van der Waals surface area contributed by atoms with Gasteiger partial charge >= 0.3 is 6.09 Å². The Bertz CT molecular complexity index is 381. The van der Waals surface area contributed by atoms with E-state index in [1.54, 1.807) is 25.7 Å². The zero-order valence-corrected chi connectivity index (χ0v) is 13.8. The van der Waals surface area contributed by atoms with Gasteiger partial charge in [-0.15, -0.1) is 0 Å². The van der Waals surface area contributed by atoms with E-state index in [1.807, 2.05) is 0 Å². The number of nitrogens with zero attached hydrogens (tertiary/aromatic N) is 1. The van der Waals surface area contributed by atoms with Crippen molar-refractivity contribution in [2.75, 3.05) is 19.6 Å². The highest BCUT2D eigenvalue weighted by Gasteiger charge is 2.31. The molecule has 0 aliphatic carbocycles. The lowest BCUT2D eigenvalue weighted by Crippen LogP contribution is -2.49. The number of ether oxygens (including phenoxy) is 1. The number of unbranched alkanes of at least 4 members (excludes halogenated alkanes) is 1. The summed E-state index contributed by atoms with van der Waals surface area (Å²) in [6, 6.07) is -0.633. The summed E-state index contributed by atoms with van der Waals surface area (Å²) in [4.78, 5) is 26.0. The Morgan fingerprint density at radius 3 is 2.59 bits per heavy atom. The van der Waals surface area contributed by atoms with E-state index in [-0.39, 0.29) is 5.91 Å². The van der Waals surface area contributed by atoms with E-state index in [2.05, 4.69) is 5.32 Å². The van der Waals surface area contributed by atoms with Crippen LogP contribution in [-0.4, -0.2) is 59.4 Å². The molecule has 128 valence electrons. The third-order valence-corrected chi connectivity index (χ3v) is 3.41. The smallest absolute Gasteiger partial charge is 0.408 e. The number of hydrogen-bond donors (Lipinski definition) is 3. The van der Waals surface area contributed by atoms with Crippen molar-refractivity contribution in [3.8, 4) is 0 Å². The first-order valence-corrected chi connectivity index (χ1v) is 7.89. The molecule has 7 nitrogen and oxygen atoms in total. The van der Waals surface area contributed by atoms with Crippen molar-refractivity contribution in [3.05, 3.63) is 0 Å². The average molecular weight is 315 g/mol. The van der Waals surface area contributed by atoms with Crippen molar-refractivity contribution >= 4 is 12.0 Å². The van der Waals surface area contributed by atoms with Gasteiger partial charge in [0.2, 0.25) is 5.91 Å². The van der Waals surface area contributed by atoms with Crippen LogP contribution < -0.4 is 11.1 Å². The van der Waals surface area contributed by atoms with E-state index >= 15 is 0 Å². The van der Waals surface area contributed by atoms with E-state index in [4.69, 9.17) is 10.5 Å². The molecule has 7 heteroatoms. The second-order valence-electron chi connectivity index (χ2n) is 6.71. The fourth-order valence-electron chi connectivity index (χ4n) is 2.36. The Balaban J connectivity index is 2.62. The summed E-state index contributed by atoms with van der Waals surface area (Å²) in [6.07, 6.45) is 1.56. The maximum absolute atomic E-state index is 12.5. The number of likely N-dealkylation sites (tertiary alicyclic amines) is 1. The summed E-state index contributed by atoms with van der Waals surface area (Å²) in [7, 11) is 0. The summed E-state index contributed by atoms with van der Waals surface area (Å²) in [5.41, 5.74) is 4.86. The molecule has 1 aliphatic rings. The summed E-state index contributed by atoms with van der Waals surface area (Å²) >= 11 is 0. The number of β-amino-alcohol motifs (C(OH)–C–C–N with tert-alkyl or cyclic N) is 1. The number of nitrogens with one attached hydrogen (secondary N) is 1. The topological polar surface area (TPSA) is 105 Å². The molecule has 0 spiro atoms. The van der Waals surface area contributed by atoms with Crippen LogP contribution in [0.4, 0.5) is 4.79 Å². The van der Waals surface area contributed by atoms with E-state index in [1.165, 1.54) is 0 Å². The Morgan fingerprint density at radius 1 is 1.41 bits per heavy atom. The number of aliphatic hydroxyl groups excluding tert-OH is 1. The average Bonchev–Trinajstić information content (AvgIpc) is 2.81. The zero-order chi connectivity index (χ0) is 16.8. The highest BCUT2D eigenvalue weighted by molar-refractivity contribution is 5.86. The summed E-state index contributed by atoms with van der Waals surface area (Å²) in [6.45, 7) is 6.71. The molecule has 4 N–H and O–H groups in total. The van der Waals surface area contributed by atoms with Gasteiger partial charge in [-0.25, -0.2) is 4.79 Å². The molecular formula is C15H29N3O4. The Kier molecular flexibility index (Phi) is 7.09. The molecule has 1 rings (SSSR count). The molecule has 2 amide bonds. The number of nitrogens with two attached hydrogens (primary N) is 1. The molecule has 0 aromatic heterocycles. The Labute approximate surface area is 132 Å². The second kappa shape index (κ2) is 8.33. The minimum absolute atomic E-state index is 0.167. The van der Waals surface area contributed by atoms with Crippen LogP contribution in [-0.2, 0) is 9.53 Å². The lowest BCUT2D eigenvalue weighted by atomic mass is 10.1. The zero-order valence-electron chi connectivity index (χ0n) is 13.8. The van der Waals surface area contributed by atoms with Gasteiger partial charge in [0.05, 0.1) is 6.10 Å². The fraction of sp³-hybridized carbons (Fsp3) is 0.867. The lowest BCUT2D eigenvalue weighted by molar-refractivity contribution is -0.133. The van der Waals surface area contributed by atoms with Crippen LogP contribution in [0.2, 0.25) is 0 Å². The van der Waals surface area contributed by atoms with Crippen molar-refractivity contribution in [3.63, 3.8) is 0 Å². The quantitative estimate of drug-likeness (QED) is 0.623. The van der Waals surface area contributed by atoms with E-state index < -0.39 is 23.8 Å². The van der Waals surface area contributed by atoms with Gasteiger partial charge < -0.3 is 25.8 Å². The first-order chi connectivity index (χ1) is 10.2. The monoisotopic (exact) mass is 315 g/mol. The minimum atomic E-state index is -0.633. The molecule has 1 aliphatic heterocycles. The van der Waals surface area contributed by atoms with Crippen LogP contribution in [0.15, 0.2) is 0 Å². The Morgan fingerprint density at radius 2 is 2.09 bits per heavy atom. The number of carbonyl (C=O) groups is 2. The van der Waals surface area contributed by atoms with E-state index in [0.29, 0.717) is 32.5 Å². The molecule has 1 saturated heterocycles. The molecular weight excluding hydrogens is 286 g/mol. The highest BCUT2D eigenvalue weighted by atomic mass is 16.6. The van der Waals surface area contributed by atoms with Gasteiger partial charge in [-0.3, -0.25) is 4.79 Å². The van der Waals surface area contributed by atoms with Crippen molar-refractivity contribution in [1.29, 1.82) is 0 Å². The number of alkyl carbamates (subject to hydrolysis) is 1. The molecule has 0 saturated carbocycles. The van der Waals surface area contributed by atoms with E-state index in [9.17, 15) is 14.7 Å². The molecule has 0 aromatic carbocycles. The van der Waals surface area contributed by atoms with Gasteiger partial charge in [-0.05, 0) is 53.0 Å². The van der Waals surface area contributed by atoms with Crippen LogP contribution in [0.3, 0.4) is 0 Å². The molecule has 1 heterocycles. The third kappa shape index (κ3) is 6.62. The first kappa shape index (κ1) is 18.7. The SMILES string of the molecule is CC(C)(C)OC(=O)N[C@@H](CCCCN)C(=O)N1CCC(O)C1. The molecule has 2 atom stereocenters. The fourth-order valence-corrected chi connectivity index (χ4v) is 2.36. The van der Waals surface area contributed by atoms with Gasteiger partial charge in [-0.1, -0.05) is 0 Å². The van der Waals surface area contributed by atoms with Crippen LogP contribution in [0.1, 0.15) is 46.5 Å². The normalized spacial score (nSPS) is 19.9. The first-order valence-electron chi connectivity index (χ1n) is 7.89. The Hall–Kier alpha value is -1.34. The number of amides is 2. The maximum Gasteiger partial charge on any atom is 0.408 e. The van der Waals surface area contributed by atoms with Gasteiger partial charge in [0.25, 0.3) is 0 Å². The predicted molar refractivity (Wildman–Crippen MR) is 83.3 cm³/mol. The second-order valence-corrected chi connectivity index (χ2v) is 6.71. The number of aliphatic hydroxyl groups is 1. The number of hydrogen-bond acceptors (Lipinski definition) is 5. The molecule has 0 radical (unpaired) electrons. The molecule has 1 fully saturated rings. The van der Waals surface area contributed by atoms with Crippen LogP contribution in [0.25, 0.3) is 0 Å². The largest absolute Gasteiger partial charge is 0.444 e. The number of carbonyl (C=O) groups excluding carboxylic acids is 2. The molecule has 0 bridgehead atoms. The van der Waals surface area contributed by atoms with Crippen LogP contribution in [0.5, 0.6) is 0 Å². The number of rotatable bonds is 6. The lowest BCUT2D eigenvalue weighted by Gasteiger charge is -2.26. The van der Waals surface area contributed by atoms with Crippen molar-refractivity contribution in [1.82, 2.24) is 10.2 Å². The van der Waals surface area contributed by atoms with E-state index in [0.717, 1.165) is 12.8 Å². The maximum atomic E-state index is 12.5. The van der Waals surface area contributed by atoms with Crippen LogP contribution in [0, 0.1) is 0 Å². The van der Waals surface area contributed by atoms with Crippen molar-refractivity contribution in [2.24, 2.45) is 5.73 Å². The molecule has 22 heavy (non-hydrogen) atoms. The van der Waals surface area contributed by atoms with Gasteiger partial charge in [-0.2, -0.15) is 0 Å². The third-order valence-electron chi connectivity index (χ3n) is 3.41. The minimum Gasteiger partial charge on any atom is -0.444 e. The highest BCUT2D eigenvalue weighted by Crippen LogP contribution is 2.14. The summed E-state index contributed by atoms with van der Waals surface area (Å²) in [5, 5.41) is 12.2. The summed E-state index contributed by atoms with van der Waals surface area (Å²) < 4.78 is 5.21. The molecule has 0 aromatic rings. The van der Waals surface area contributed by atoms with Gasteiger partial charge in [0.15, 0.2) is 0 Å². The van der Waals surface area contributed by atoms with Crippen molar-refractivity contribution < 1.29 is 19.4 Å². The van der Waals surface area contributed by atoms with Crippen LogP contribution >= 0.6 is 0 Å². The predicted octanol–water partition coefficient (Wildman–Crippen LogP) is 0.602. The standard InChI is InChI=1S/C15H29N3O4/c1-15(2,3)22-14(21)17-12(6-4-5-8-16)13(20)18-9-7-11(19)10-18/h11-12,19H,4-10,16H2,1-3H3,(H,17,21)/t11?,12-/m0/s1. The molecule has 1 unspecified atom stereocenters.